The fourth-order valence-electron chi connectivity index (χ4n) is 2.48. The number of aromatic amines is 1. The van der Waals surface area contributed by atoms with Crippen LogP contribution in [0.25, 0.3) is 10.9 Å². The molecule has 7 nitrogen and oxygen atoms in total. The maximum Gasteiger partial charge on any atom is 0.270 e. The molecule has 0 bridgehead atoms. The van der Waals surface area contributed by atoms with Crippen molar-refractivity contribution in [2.24, 2.45) is 0 Å². The van der Waals surface area contributed by atoms with Gasteiger partial charge < -0.3 is 4.98 Å². The van der Waals surface area contributed by atoms with Crippen molar-refractivity contribution in [3.8, 4) is 0 Å². The van der Waals surface area contributed by atoms with Gasteiger partial charge in [0, 0.05) is 29.2 Å². The van der Waals surface area contributed by atoms with Gasteiger partial charge in [-0.3, -0.25) is 14.8 Å². The number of rotatable bonds is 4. The Hall–Kier alpha value is -2.87. The molecule has 3 aromatic rings. The first kappa shape index (κ1) is 16.0. The zero-order valence-electron chi connectivity index (χ0n) is 13.0. The summed E-state index contributed by atoms with van der Waals surface area (Å²) >= 11 is 0. The SMILES string of the molecule is Cc1cccc(NS(=O)(=O)c2c[nH]c3ccc([N+](=O)[O-])cc23)c1C. The Morgan fingerprint density at radius 2 is 1.92 bits per heavy atom. The molecule has 0 saturated carbocycles. The Labute approximate surface area is 138 Å². The number of fused-ring (bicyclic) bond motifs is 1. The number of nitro benzene ring substituents is 1. The minimum atomic E-state index is -3.88. The molecule has 1 heterocycles. The fraction of sp³-hybridized carbons (Fsp3) is 0.125. The number of aromatic nitrogens is 1. The molecular formula is C16H15N3O4S. The van der Waals surface area contributed by atoms with Gasteiger partial charge in [-0.2, -0.15) is 0 Å². The summed E-state index contributed by atoms with van der Waals surface area (Å²) in [6.07, 6.45) is 1.34. The van der Waals surface area contributed by atoms with E-state index in [1.165, 1.54) is 24.4 Å². The summed E-state index contributed by atoms with van der Waals surface area (Å²) in [5, 5.41) is 11.2. The minimum absolute atomic E-state index is 0.0258. The first-order valence-electron chi connectivity index (χ1n) is 7.14. The summed E-state index contributed by atoms with van der Waals surface area (Å²) in [5.41, 5.74) is 2.62. The zero-order chi connectivity index (χ0) is 17.5. The van der Waals surface area contributed by atoms with Crippen LogP contribution in [0.2, 0.25) is 0 Å². The number of sulfonamides is 1. The predicted octanol–water partition coefficient (Wildman–Crippen LogP) is 3.49. The molecule has 8 heteroatoms. The number of H-pyrrole nitrogens is 1. The van der Waals surface area contributed by atoms with Crippen LogP contribution in [0.4, 0.5) is 11.4 Å². The third kappa shape index (κ3) is 2.71. The summed E-state index contributed by atoms with van der Waals surface area (Å²) in [5.74, 6) is 0. The fourth-order valence-corrected chi connectivity index (χ4v) is 3.77. The lowest BCUT2D eigenvalue weighted by Gasteiger charge is -2.11. The van der Waals surface area contributed by atoms with Crippen LogP contribution in [0.3, 0.4) is 0 Å². The van der Waals surface area contributed by atoms with Gasteiger partial charge in [0.1, 0.15) is 4.90 Å². The standard InChI is InChI=1S/C16H15N3O4S/c1-10-4-3-5-14(11(10)2)18-24(22,23)16-9-17-15-7-6-12(19(20)21)8-13(15)16/h3-9,17-18H,1-2H3. The van der Waals surface area contributed by atoms with Crippen LogP contribution in [0, 0.1) is 24.0 Å². The number of anilines is 1. The van der Waals surface area contributed by atoms with E-state index in [1.54, 1.807) is 12.1 Å². The molecule has 1 aromatic heterocycles. The number of aryl methyl sites for hydroxylation is 1. The van der Waals surface area contributed by atoms with E-state index in [0.717, 1.165) is 11.1 Å². The molecule has 0 amide bonds. The van der Waals surface area contributed by atoms with Gasteiger partial charge in [-0.05, 0) is 37.1 Å². The van der Waals surface area contributed by atoms with Crippen LogP contribution < -0.4 is 4.72 Å². The Kier molecular flexibility index (Phi) is 3.76. The topological polar surface area (TPSA) is 105 Å². The summed E-state index contributed by atoms with van der Waals surface area (Å²) in [6.45, 7) is 3.72. The highest BCUT2D eigenvalue weighted by Crippen LogP contribution is 2.29. The Balaban J connectivity index is 2.10. The lowest BCUT2D eigenvalue weighted by molar-refractivity contribution is -0.384. The van der Waals surface area contributed by atoms with Gasteiger partial charge in [-0.1, -0.05) is 12.1 Å². The van der Waals surface area contributed by atoms with E-state index in [9.17, 15) is 18.5 Å². The molecule has 24 heavy (non-hydrogen) atoms. The minimum Gasteiger partial charge on any atom is -0.360 e. The number of nitrogens with one attached hydrogen (secondary N) is 2. The van der Waals surface area contributed by atoms with E-state index in [2.05, 4.69) is 9.71 Å². The molecule has 3 rings (SSSR count). The first-order valence-corrected chi connectivity index (χ1v) is 8.62. The third-order valence-corrected chi connectivity index (χ3v) is 5.38. The number of benzene rings is 2. The molecular weight excluding hydrogens is 330 g/mol. The van der Waals surface area contributed by atoms with E-state index in [4.69, 9.17) is 0 Å². The largest absolute Gasteiger partial charge is 0.360 e. The molecule has 2 N–H and O–H groups in total. The summed E-state index contributed by atoms with van der Waals surface area (Å²) < 4.78 is 28.0. The van der Waals surface area contributed by atoms with E-state index in [-0.39, 0.29) is 16.0 Å². The van der Waals surface area contributed by atoms with Crippen LogP contribution in [-0.4, -0.2) is 18.3 Å². The zero-order valence-corrected chi connectivity index (χ0v) is 13.8. The normalized spacial score (nSPS) is 11.6. The molecule has 0 aliphatic rings. The highest BCUT2D eigenvalue weighted by molar-refractivity contribution is 7.93. The van der Waals surface area contributed by atoms with Crippen molar-refractivity contribution >= 4 is 32.3 Å². The average molecular weight is 345 g/mol. The maximum absolute atomic E-state index is 12.7. The number of hydrogen-bond acceptors (Lipinski definition) is 4. The lowest BCUT2D eigenvalue weighted by atomic mass is 10.1. The van der Waals surface area contributed by atoms with E-state index in [0.29, 0.717) is 11.2 Å². The van der Waals surface area contributed by atoms with Crippen LogP contribution in [0.1, 0.15) is 11.1 Å². The molecule has 0 unspecified atom stereocenters. The van der Waals surface area contributed by atoms with Crippen molar-refractivity contribution in [2.75, 3.05) is 4.72 Å². The number of non-ortho nitro benzene ring substituents is 1. The number of nitrogens with zero attached hydrogens (tertiary/aromatic N) is 1. The Morgan fingerprint density at radius 3 is 2.62 bits per heavy atom. The molecule has 0 fully saturated rings. The molecule has 0 spiro atoms. The summed E-state index contributed by atoms with van der Waals surface area (Å²) in [7, 11) is -3.88. The van der Waals surface area contributed by atoms with Crippen molar-refractivity contribution in [2.45, 2.75) is 18.7 Å². The molecule has 2 aromatic carbocycles. The van der Waals surface area contributed by atoms with Crippen LogP contribution >= 0.6 is 0 Å². The second-order valence-electron chi connectivity index (χ2n) is 5.49. The smallest absolute Gasteiger partial charge is 0.270 e. The number of hydrogen-bond donors (Lipinski definition) is 2. The van der Waals surface area contributed by atoms with Crippen molar-refractivity contribution < 1.29 is 13.3 Å². The quantitative estimate of drug-likeness (QED) is 0.557. The predicted molar refractivity (Wildman–Crippen MR) is 91.7 cm³/mol. The lowest BCUT2D eigenvalue weighted by Crippen LogP contribution is -2.13. The molecule has 0 aliphatic heterocycles. The molecule has 0 atom stereocenters. The van der Waals surface area contributed by atoms with Crippen LogP contribution in [0.15, 0.2) is 47.5 Å². The van der Waals surface area contributed by atoms with Gasteiger partial charge in [-0.15, -0.1) is 0 Å². The maximum atomic E-state index is 12.7. The molecule has 124 valence electrons. The molecule has 0 radical (unpaired) electrons. The average Bonchev–Trinajstić information content (AvgIpc) is 2.95. The van der Waals surface area contributed by atoms with Crippen molar-refractivity contribution in [1.82, 2.24) is 4.98 Å². The highest BCUT2D eigenvalue weighted by Gasteiger charge is 2.21. The molecule has 0 aliphatic carbocycles. The van der Waals surface area contributed by atoms with Crippen LogP contribution in [0.5, 0.6) is 0 Å². The monoisotopic (exact) mass is 345 g/mol. The Morgan fingerprint density at radius 1 is 1.17 bits per heavy atom. The summed E-state index contributed by atoms with van der Waals surface area (Å²) in [6, 6.07) is 9.40. The van der Waals surface area contributed by atoms with Gasteiger partial charge in [-0.25, -0.2) is 8.42 Å². The van der Waals surface area contributed by atoms with Crippen LogP contribution in [-0.2, 0) is 10.0 Å². The highest BCUT2D eigenvalue weighted by atomic mass is 32.2. The third-order valence-electron chi connectivity index (χ3n) is 3.98. The van der Waals surface area contributed by atoms with Gasteiger partial charge in [0.2, 0.25) is 0 Å². The van der Waals surface area contributed by atoms with Crippen molar-refractivity contribution in [1.29, 1.82) is 0 Å². The first-order chi connectivity index (χ1) is 11.3. The van der Waals surface area contributed by atoms with E-state index < -0.39 is 14.9 Å². The van der Waals surface area contributed by atoms with Crippen molar-refractivity contribution in [3.05, 3.63) is 63.8 Å². The second-order valence-corrected chi connectivity index (χ2v) is 7.14. The Bertz CT molecular complexity index is 1050. The van der Waals surface area contributed by atoms with E-state index in [1.807, 2.05) is 19.9 Å². The van der Waals surface area contributed by atoms with Gasteiger partial charge in [0.05, 0.1) is 10.6 Å². The molecule has 0 saturated heterocycles. The van der Waals surface area contributed by atoms with Gasteiger partial charge in [0.25, 0.3) is 15.7 Å². The summed E-state index contributed by atoms with van der Waals surface area (Å²) in [4.78, 5) is 13.2. The van der Waals surface area contributed by atoms with Crippen molar-refractivity contribution in [3.63, 3.8) is 0 Å². The second kappa shape index (κ2) is 5.64. The van der Waals surface area contributed by atoms with E-state index >= 15 is 0 Å². The van der Waals surface area contributed by atoms with Gasteiger partial charge in [0.15, 0.2) is 0 Å². The van der Waals surface area contributed by atoms with Gasteiger partial charge >= 0.3 is 0 Å². The number of nitro groups is 1.